The van der Waals surface area contributed by atoms with Crippen LogP contribution in [0.2, 0.25) is 0 Å². The van der Waals surface area contributed by atoms with Gasteiger partial charge in [0.1, 0.15) is 5.41 Å². The minimum Gasteiger partial charge on any atom is -0.409 e. The predicted octanol–water partition coefficient (Wildman–Crippen LogP) is 0.134. The van der Waals surface area contributed by atoms with Gasteiger partial charge in [0.15, 0.2) is 5.84 Å². The van der Waals surface area contributed by atoms with Gasteiger partial charge in [-0.15, -0.1) is 0 Å². The van der Waals surface area contributed by atoms with Crippen molar-refractivity contribution in [2.45, 2.75) is 33.6 Å². The van der Waals surface area contributed by atoms with Crippen LogP contribution in [0.25, 0.3) is 0 Å². The maximum atomic E-state index is 12.6. The smallest absolute Gasteiger partial charge is 0.239 e. The van der Waals surface area contributed by atoms with E-state index in [9.17, 15) is 9.59 Å². The number of likely N-dealkylation sites (N-methyl/N-ethyl adjacent to an activating group) is 2. The molecule has 0 saturated heterocycles. The van der Waals surface area contributed by atoms with Crippen molar-refractivity contribution in [1.82, 2.24) is 10.2 Å². The summed E-state index contributed by atoms with van der Waals surface area (Å²) >= 11 is 0. The number of nitrogens with zero attached hydrogens (tertiary/aromatic N) is 2. The van der Waals surface area contributed by atoms with Gasteiger partial charge in [0.2, 0.25) is 11.8 Å². The Morgan fingerprint density at radius 3 is 2.45 bits per heavy atom. The average molecular weight is 284 g/mol. The molecule has 0 heterocycles. The highest BCUT2D eigenvalue weighted by molar-refractivity contribution is 6.08. The number of nitrogens with one attached hydrogen (secondary N) is 1. The largest absolute Gasteiger partial charge is 0.409 e. The Morgan fingerprint density at radius 1 is 1.45 bits per heavy atom. The van der Waals surface area contributed by atoms with Crippen molar-refractivity contribution in [1.29, 1.82) is 0 Å². The summed E-state index contributed by atoms with van der Waals surface area (Å²) in [6, 6.07) is 0. The fourth-order valence-electron chi connectivity index (χ4n) is 2.78. The molecule has 1 aliphatic rings. The second-order valence-corrected chi connectivity index (χ2v) is 5.35. The van der Waals surface area contributed by atoms with E-state index >= 15 is 0 Å². The van der Waals surface area contributed by atoms with Crippen molar-refractivity contribution in [3.8, 4) is 0 Å². The summed E-state index contributed by atoms with van der Waals surface area (Å²) in [5, 5.41) is 14.6. The zero-order chi connectivity index (χ0) is 15.3. The van der Waals surface area contributed by atoms with Gasteiger partial charge in [-0.3, -0.25) is 9.59 Å². The highest BCUT2D eigenvalue weighted by Gasteiger charge is 2.53. The van der Waals surface area contributed by atoms with Crippen LogP contribution < -0.4 is 11.1 Å². The van der Waals surface area contributed by atoms with E-state index in [1.807, 2.05) is 13.8 Å². The second-order valence-electron chi connectivity index (χ2n) is 5.35. The summed E-state index contributed by atoms with van der Waals surface area (Å²) in [6.07, 6.45) is 1.10. The molecular weight excluding hydrogens is 260 g/mol. The monoisotopic (exact) mass is 284 g/mol. The molecule has 0 bridgehead atoms. The fraction of sp³-hybridized carbons (Fsp3) is 0.769. The number of amides is 2. The van der Waals surface area contributed by atoms with Crippen molar-refractivity contribution in [2.24, 2.45) is 22.2 Å². The van der Waals surface area contributed by atoms with Crippen molar-refractivity contribution >= 4 is 17.6 Å². The third-order valence-corrected chi connectivity index (χ3v) is 3.78. The summed E-state index contributed by atoms with van der Waals surface area (Å²) in [4.78, 5) is 25.7. The van der Waals surface area contributed by atoms with E-state index < -0.39 is 5.41 Å². The lowest BCUT2D eigenvalue weighted by molar-refractivity contribution is -0.146. The first-order valence-corrected chi connectivity index (χ1v) is 6.95. The summed E-state index contributed by atoms with van der Waals surface area (Å²) in [5.74, 6) is -0.151. The van der Waals surface area contributed by atoms with Crippen molar-refractivity contribution < 1.29 is 14.8 Å². The van der Waals surface area contributed by atoms with E-state index in [0.717, 1.165) is 0 Å². The Balaban J connectivity index is 2.85. The molecule has 0 unspecified atom stereocenters. The van der Waals surface area contributed by atoms with Crippen molar-refractivity contribution in [3.05, 3.63) is 0 Å². The molecule has 0 aromatic heterocycles. The molecule has 0 spiro atoms. The first kappa shape index (κ1) is 16.3. The van der Waals surface area contributed by atoms with Gasteiger partial charge in [-0.05, 0) is 32.6 Å². The van der Waals surface area contributed by atoms with E-state index in [4.69, 9.17) is 10.9 Å². The maximum absolute atomic E-state index is 12.6. The molecule has 0 radical (unpaired) electrons. The summed E-state index contributed by atoms with van der Waals surface area (Å²) in [6.45, 7) is 6.56. The Labute approximate surface area is 119 Å². The fourth-order valence-corrected chi connectivity index (χ4v) is 2.78. The Kier molecular flexibility index (Phi) is 5.35. The van der Waals surface area contributed by atoms with Crippen LogP contribution in [0.5, 0.6) is 0 Å². The standard InChI is InChI=1S/C13H24N4O3/c1-4-15-10(18)8-17(5-2)12(19)13(11(14)16-20)6-9(3)7-13/h9,20H,4-8H2,1-3H3,(H2,14,16)(H,15,18). The van der Waals surface area contributed by atoms with Crippen LogP contribution in [-0.4, -0.2) is 47.4 Å². The van der Waals surface area contributed by atoms with Crippen molar-refractivity contribution in [3.63, 3.8) is 0 Å². The SMILES string of the molecule is CCNC(=O)CN(CC)C(=O)C1(C(N)=NO)CC(C)C1. The molecule has 114 valence electrons. The lowest BCUT2D eigenvalue weighted by Gasteiger charge is -2.46. The van der Waals surface area contributed by atoms with Crippen molar-refractivity contribution in [2.75, 3.05) is 19.6 Å². The van der Waals surface area contributed by atoms with Gasteiger partial charge in [0.05, 0.1) is 6.54 Å². The maximum Gasteiger partial charge on any atom is 0.239 e. The van der Waals surface area contributed by atoms with Gasteiger partial charge < -0.3 is 21.2 Å². The average Bonchev–Trinajstić information content (AvgIpc) is 2.39. The third kappa shape index (κ3) is 3.02. The minimum atomic E-state index is -0.948. The first-order valence-electron chi connectivity index (χ1n) is 6.95. The summed E-state index contributed by atoms with van der Waals surface area (Å²) < 4.78 is 0. The minimum absolute atomic E-state index is 0.00197. The quantitative estimate of drug-likeness (QED) is 0.279. The second kappa shape index (κ2) is 6.58. The highest BCUT2D eigenvalue weighted by atomic mass is 16.4. The van der Waals surface area contributed by atoms with Crippen LogP contribution in [0, 0.1) is 11.3 Å². The molecule has 1 rings (SSSR count). The van der Waals surface area contributed by atoms with Crippen LogP contribution in [-0.2, 0) is 9.59 Å². The van der Waals surface area contributed by atoms with E-state index in [-0.39, 0.29) is 24.2 Å². The van der Waals surface area contributed by atoms with E-state index in [2.05, 4.69) is 10.5 Å². The molecule has 4 N–H and O–H groups in total. The number of hydrogen-bond acceptors (Lipinski definition) is 4. The molecule has 0 aromatic rings. The van der Waals surface area contributed by atoms with Gasteiger partial charge in [-0.2, -0.15) is 0 Å². The lowest BCUT2D eigenvalue weighted by atomic mass is 9.61. The topological polar surface area (TPSA) is 108 Å². The molecule has 0 aliphatic heterocycles. The number of nitrogens with two attached hydrogens (primary N) is 1. The van der Waals surface area contributed by atoms with E-state index in [1.165, 1.54) is 4.90 Å². The molecule has 2 amide bonds. The summed E-state index contributed by atoms with van der Waals surface area (Å²) in [5.41, 5.74) is 4.76. The Hall–Kier alpha value is -1.79. The number of hydrogen-bond donors (Lipinski definition) is 3. The number of carbonyl (C=O) groups excluding carboxylic acids is 2. The Morgan fingerprint density at radius 2 is 2.05 bits per heavy atom. The molecule has 7 nitrogen and oxygen atoms in total. The number of oxime groups is 1. The lowest BCUT2D eigenvalue weighted by Crippen LogP contribution is -2.58. The van der Waals surface area contributed by atoms with Gasteiger partial charge in [-0.25, -0.2) is 0 Å². The number of carbonyl (C=O) groups is 2. The first-order chi connectivity index (χ1) is 9.41. The molecule has 1 fully saturated rings. The highest BCUT2D eigenvalue weighted by Crippen LogP contribution is 2.47. The van der Waals surface area contributed by atoms with Gasteiger partial charge >= 0.3 is 0 Å². The molecule has 0 aromatic carbocycles. The van der Waals surface area contributed by atoms with Crippen LogP contribution in [0.1, 0.15) is 33.6 Å². The zero-order valence-electron chi connectivity index (χ0n) is 12.3. The predicted molar refractivity (Wildman–Crippen MR) is 75.2 cm³/mol. The zero-order valence-corrected chi connectivity index (χ0v) is 12.3. The van der Waals surface area contributed by atoms with Crippen LogP contribution in [0.3, 0.4) is 0 Å². The number of amidine groups is 1. The van der Waals surface area contributed by atoms with Crippen LogP contribution in [0.15, 0.2) is 5.16 Å². The molecular formula is C13H24N4O3. The third-order valence-electron chi connectivity index (χ3n) is 3.78. The molecule has 7 heteroatoms. The van der Waals surface area contributed by atoms with Gasteiger partial charge in [0, 0.05) is 13.1 Å². The molecule has 1 aliphatic carbocycles. The Bertz CT molecular complexity index is 402. The van der Waals surface area contributed by atoms with E-state index in [0.29, 0.717) is 31.8 Å². The van der Waals surface area contributed by atoms with Gasteiger partial charge in [0.25, 0.3) is 0 Å². The van der Waals surface area contributed by atoms with Crippen LogP contribution in [0.4, 0.5) is 0 Å². The van der Waals surface area contributed by atoms with Crippen LogP contribution >= 0.6 is 0 Å². The number of rotatable bonds is 6. The normalized spacial score (nSPS) is 25.8. The van der Waals surface area contributed by atoms with E-state index in [1.54, 1.807) is 6.92 Å². The molecule has 0 atom stereocenters. The summed E-state index contributed by atoms with van der Waals surface area (Å²) in [7, 11) is 0. The van der Waals surface area contributed by atoms with Gasteiger partial charge in [-0.1, -0.05) is 12.1 Å². The molecule has 1 saturated carbocycles. The molecule has 20 heavy (non-hydrogen) atoms.